The molecule has 0 radical (unpaired) electrons. The number of hydrogen-bond donors (Lipinski definition) is 7. The number of rotatable bonds is 15. The molecule has 6 rings (SSSR count). The Kier molecular flexibility index (Phi) is 12.7. The molecule has 53 heavy (non-hydrogen) atoms. The van der Waals surface area contributed by atoms with Crippen LogP contribution >= 0.6 is 11.8 Å². The van der Waals surface area contributed by atoms with Gasteiger partial charge in [0, 0.05) is 60.9 Å². The zero-order valence-corrected chi connectivity index (χ0v) is 31.3. The van der Waals surface area contributed by atoms with Gasteiger partial charge in [0.25, 0.3) is 0 Å². The SMILES string of the molecule is NN=C(C=NCCCNC(=O)CCCC1SC[C@@H]2NC(=O)N[C@H]12)CCC(=O)Nc1cccc(S(N)(=O)=NC(=O)Nc2c3c(cc4c2CCC4)CCC3)c1. The van der Waals surface area contributed by atoms with E-state index in [1.807, 2.05) is 11.8 Å². The fourth-order valence-corrected chi connectivity index (χ4v) is 9.93. The minimum atomic E-state index is -3.61. The molecule has 0 saturated carbocycles. The summed E-state index contributed by atoms with van der Waals surface area (Å²) in [5.74, 6) is 6.08. The number of hydrazone groups is 1. The minimum absolute atomic E-state index is 0.00939. The maximum absolute atomic E-state index is 13.4. The molecular weight excluding hydrogens is 717 g/mol. The average molecular weight is 765 g/mol. The van der Waals surface area contributed by atoms with Crippen LogP contribution in [-0.4, -0.2) is 76.2 Å². The molecule has 2 unspecified atom stereocenters. The molecule has 2 aliphatic carbocycles. The Bertz CT molecular complexity index is 1890. The summed E-state index contributed by atoms with van der Waals surface area (Å²) in [6.07, 6.45) is 10.3. The first-order valence-corrected chi connectivity index (χ1v) is 20.9. The molecular formula is C36H48N10O5S2. The van der Waals surface area contributed by atoms with Crippen molar-refractivity contribution >= 4 is 68.9 Å². The Morgan fingerprint density at radius 1 is 0.962 bits per heavy atom. The van der Waals surface area contributed by atoms with Crippen molar-refractivity contribution in [1.82, 2.24) is 16.0 Å². The number of carbonyl (C=O) groups is 4. The quantitative estimate of drug-likeness (QED) is 0.0468. The highest BCUT2D eigenvalue weighted by Crippen LogP contribution is 2.39. The highest BCUT2D eigenvalue weighted by Gasteiger charge is 2.42. The summed E-state index contributed by atoms with van der Waals surface area (Å²) in [7, 11) is -3.61. The molecule has 2 aromatic carbocycles. The van der Waals surface area contributed by atoms with E-state index in [4.69, 9.17) is 11.0 Å². The summed E-state index contributed by atoms with van der Waals surface area (Å²) in [5.41, 5.74) is 6.37. The second-order valence-electron chi connectivity index (χ2n) is 13.8. The van der Waals surface area contributed by atoms with Gasteiger partial charge in [-0.05, 0) is 98.2 Å². The molecule has 2 saturated heterocycles. The second-order valence-corrected chi connectivity index (χ2v) is 16.8. The van der Waals surface area contributed by atoms with E-state index in [-0.39, 0.29) is 47.7 Å². The monoisotopic (exact) mass is 764 g/mol. The van der Waals surface area contributed by atoms with E-state index in [2.05, 4.69) is 47.1 Å². The first-order chi connectivity index (χ1) is 25.6. The van der Waals surface area contributed by atoms with Crippen molar-refractivity contribution in [3.05, 3.63) is 52.6 Å². The van der Waals surface area contributed by atoms with Gasteiger partial charge in [-0.1, -0.05) is 12.1 Å². The molecule has 6 amide bonds. The number of urea groups is 2. The summed E-state index contributed by atoms with van der Waals surface area (Å²) in [5, 5.41) is 24.6. The number of aryl methyl sites for hydroxylation is 2. The van der Waals surface area contributed by atoms with Gasteiger partial charge >= 0.3 is 12.1 Å². The number of carbonyl (C=O) groups excluding carboxylic acids is 4. The first-order valence-electron chi connectivity index (χ1n) is 18.2. The third kappa shape index (κ3) is 9.94. The van der Waals surface area contributed by atoms with Crippen LogP contribution in [0, 0.1) is 0 Å². The predicted octanol–water partition coefficient (Wildman–Crippen LogP) is 3.54. The number of hydrogen-bond acceptors (Lipinski definition) is 9. The van der Waals surface area contributed by atoms with Gasteiger partial charge in [0.1, 0.15) is 9.92 Å². The van der Waals surface area contributed by atoms with E-state index in [0.29, 0.717) is 42.6 Å². The number of aliphatic imine (C=N–C) groups is 1. The van der Waals surface area contributed by atoms with Crippen molar-refractivity contribution in [2.24, 2.45) is 25.4 Å². The van der Waals surface area contributed by atoms with Crippen LogP contribution in [0.25, 0.3) is 0 Å². The third-order valence-corrected chi connectivity index (χ3v) is 12.9. The maximum atomic E-state index is 13.4. The van der Waals surface area contributed by atoms with Gasteiger partial charge in [0.05, 0.1) is 22.7 Å². The molecule has 15 nitrogen and oxygen atoms in total. The number of nitrogens with zero attached hydrogens (tertiary/aromatic N) is 3. The van der Waals surface area contributed by atoms with Crippen LogP contribution < -0.4 is 37.6 Å². The Labute approximate surface area is 314 Å². The van der Waals surface area contributed by atoms with Gasteiger partial charge in [-0.2, -0.15) is 16.9 Å². The number of amides is 6. The smallest absolute Gasteiger partial charge is 0.354 e. The fraction of sp³-hybridized carbons (Fsp3) is 0.500. The van der Waals surface area contributed by atoms with Crippen molar-refractivity contribution < 1.29 is 23.4 Å². The van der Waals surface area contributed by atoms with E-state index in [1.54, 1.807) is 12.1 Å². The molecule has 4 atom stereocenters. The lowest BCUT2D eigenvalue weighted by Gasteiger charge is -2.16. The molecule has 0 aromatic heterocycles. The third-order valence-electron chi connectivity index (χ3n) is 10.0. The second kappa shape index (κ2) is 17.6. The normalized spacial score (nSPS) is 21.3. The number of fused-ring (bicyclic) bond motifs is 3. The van der Waals surface area contributed by atoms with Crippen LogP contribution in [0.4, 0.5) is 21.0 Å². The number of nitrogens with one attached hydrogen (secondary N) is 5. The van der Waals surface area contributed by atoms with Crippen LogP contribution in [0.3, 0.4) is 0 Å². The topological polar surface area (TPSA) is 235 Å². The lowest BCUT2D eigenvalue weighted by Crippen LogP contribution is -2.37. The van der Waals surface area contributed by atoms with E-state index >= 15 is 0 Å². The van der Waals surface area contributed by atoms with Crippen LogP contribution in [0.15, 0.2) is 49.7 Å². The predicted molar refractivity (Wildman–Crippen MR) is 209 cm³/mol. The van der Waals surface area contributed by atoms with Gasteiger partial charge in [0.2, 0.25) is 11.8 Å². The summed E-state index contributed by atoms with van der Waals surface area (Å²) >= 11 is 1.84. The largest absolute Gasteiger partial charge is 0.356 e. The molecule has 284 valence electrons. The Morgan fingerprint density at radius 2 is 1.74 bits per heavy atom. The van der Waals surface area contributed by atoms with Crippen LogP contribution in [0.5, 0.6) is 0 Å². The highest BCUT2D eigenvalue weighted by molar-refractivity contribution is 8.00. The number of thioether (sulfide) groups is 1. The Morgan fingerprint density at radius 3 is 2.49 bits per heavy atom. The van der Waals surface area contributed by atoms with Crippen LogP contribution in [0.2, 0.25) is 0 Å². The molecule has 9 N–H and O–H groups in total. The van der Waals surface area contributed by atoms with E-state index in [9.17, 15) is 23.4 Å². The van der Waals surface area contributed by atoms with Gasteiger partial charge in [0.15, 0.2) is 0 Å². The number of nitrogens with two attached hydrogens (primary N) is 2. The lowest BCUT2D eigenvalue weighted by molar-refractivity contribution is -0.121. The van der Waals surface area contributed by atoms with Gasteiger partial charge in [-0.15, -0.1) is 4.36 Å². The van der Waals surface area contributed by atoms with E-state index in [0.717, 1.165) is 73.9 Å². The minimum Gasteiger partial charge on any atom is -0.356 e. The molecule has 0 bridgehead atoms. The highest BCUT2D eigenvalue weighted by atomic mass is 32.2. The van der Waals surface area contributed by atoms with Crippen LogP contribution in [-0.2, 0) is 45.2 Å². The Hall–Kier alpha value is -4.48. The van der Waals surface area contributed by atoms with Gasteiger partial charge in [-0.3, -0.25) is 14.6 Å². The number of benzene rings is 2. The van der Waals surface area contributed by atoms with Crippen molar-refractivity contribution in [2.45, 2.75) is 99.3 Å². The molecule has 0 spiro atoms. The summed E-state index contributed by atoms with van der Waals surface area (Å²) in [6.45, 7) is 0.934. The molecule has 2 fully saturated rings. The van der Waals surface area contributed by atoms with Crippen molar-refractivity contribution in [3.8, 4) is 0 Å². The first kappa shape index (κ1) is 38.3. The Balaban J connectivity index is 0.899. The lowest BCUT2D eigenvalue weighted by atomic mass is 9.99. The zero-order chi connectivity index (χ0) is 37.4. The van der Waals surface area contributed by atoms with Crippen molar-refractivity contribution in [2.75, 3.05) is 29.5 Å². The van der Waals surface area contributed by atoms with Crippen LogP contribution in [0.1, 0.15) is 73.6 Å². The fourth-order valence-electron chi connectivity index (χ4n) is 7.42. The molecule has 4 aliphatic rings. The van der Waals surface area contributed by atoms with E-state index < -0.39 is 15.9 Å². The summed E-state index contributed by atoms with van der Waals surface area (Å²) in [6, 6.07) is 7.90. The number of anilines is 2. The van der Waals surface area contributed by atoms with Gasteiger partial charge < -0.3 is 32.4 Å². The standard InChI is InChI=1S/C36H48N10O5S2/c37-45-25(20-39-16-5-17-40-31(47)13-4-12-30-34-29(21-52-30)42-35(49)44-34)14-15-32(48)41-24-8-3-9-26(19-24)53(38,51)46-36(50)43-33-27-10-1-6-22(27)18-23-7-2-11-28(23)33/h3,8-9,18-20,29-30,34H,1-2,4-7,10-17,21,37H2,(H,40,47)(H,41,48)(H2,42,44,49)(H3,38,43,46,50,51)/t29-,30?,34-,53?/m0/s1. The molecule has 2 aliphatic heterocycles. The van der Waals surface area contributed by atoms with Crippen molar-refractivity contribution in [3.63, 3.8) is 0 Å². The van der Waals surface area contributed by atoms with Crippen molar-refractivity contribution in [1.29, 1.82) is 0 Å². The molecule has 2 heterocycles. The average Bonchev–Trinajstić information content (AvgIpc) is 3.93. The van der Waals surface area contributed by atoms with Gasteiger partial charge in [-0.25, -0.2) is 18.9 Å². The maximum Gasteiger partial charge on any atom is 0.354 e. The molecule has 17 heteroatoms. The summed E-state index contributed by atoms with van der Waals surface area (Å²) in [4.78, 5) is 54.0. The van der Waals surface area contributed by atoms with E-state index in [1.165, 1.54) is 29.5 Å². The zero-order valence-electron chi connectivity index (χ0n) is 29.7. The summed E-state index contributed by atoms with van der Waals surface area (Å²) < 4.78 is 17.3. The molecule has 2 aromatic rings.